The van der Waals surface area contributed by atoms with Crippen LogP contribution in [0.2, 0.25) is 0 Å². The summed E-state index contributed by atoms with van der Waals surface area (Å²) in [6.45, 7) is 1.08. The normalized spacial score (nSPS) is 11.0. The molecule has 0 aliphatic carbocycles. The van der Waals surface area contributed by atoms with Gasteiger partial charge in [-0.15, -0.1) is 0 Å². The van der Waals surface area contributed by atoms with Gasteiger partial charge < -0.3 is 4.74 Å². The van der Waals surface area contributed by atoms with E-state index in [9.17, 15) is 37.2 Å². The molecule has 0 fully saturated rings. The van der Waals surface area contributed by atoms with Crippen molar-refractivity contribution in [2.45, 2.75) is 13.1 Å². The summed E-state index contributed by atoms with van der Waals surface area (Å²) in [7, 11) is 0.767. The Morgan fingerprint density at radius 3 is 2.29 bits per heavy atom. The highest BCUT2D eigenvalue weighted by molar-refractivity contribution is 5.65. The Bertz CT molecular complexity index is 1440. The van der Waals surface area contributed by atoms with Gasteiger partial charge in [0.1, 0.15) is 23.3 Å². The molecule has 2 aromatic carbocycles. The largest absolute Gasteiger partial charge is 0.452 e. The average Bonchev–Trinajstić information content (AvgIpc) is 2.76. The third-order valence-electron chi connectivity index (χ3n) is 4.34. The molecule has 9 nitrogen and oxygen atoms in total. The number of alkyl halides is 3. The van der Waals surface area contributed by atoms with Crippen LogP contribution in [0.1, 0.15) is 18.2 Å². The van der Waals surface area contributed by atoms with Crippen molar-refractivity contribution in [1.29, 1.82) is 5.26 Å². The predicted octanol–water partition coefficient (Wildman–Crippen LogP) is 3.21. The number of carbonyl (C=O) groups excluding carboxylic acids is 1. The van der Waals surface area contributed by atoms with Crippen molar-refractivity contribution in [3.8, 4) is 29.0 Å². The number of nitriles is 1. The van der Waals surface area contributed by atoms with E-state index in [1.807, 2.05) is 0 Å². The Morgan fingerprint density at radius 2 is 1.71 bits per heavy atom. The lowest BCUT2D eigenvalue weighted by Crippen LogP contribution is -2.41. The molecule has 3 aromatic rings. The second kappa shape index (κ2) is 9.10. The maximum absolute atomic E-state index is 14.7. The predicted molar refractivity (Wildman–Crippen MR) is 106 cm³/mol. The van der Waals surface area contributed by atoms with Crippen molar-refractivity contribution in [3.05, 3.63) is 80.4 Å². The first-order chi connectivity index (χ1) is 15.9. The maximum atomic E-state index is 14.7. The lowest BCUT2D eigenvalue weighted by atomic mass is 10.1. The number of para-hydroxylation sites is 2. The van der Waals surface area contributed by atoms with Crippen molar-refractivity contribution < 1.29 is 36.9 Å². The first-order valence-corrected chi connectivity index (χ1v) is 9.20. The van der Waals surface area contributed by atoms with Gasteiger partial charge in [-0.3, -0.25) is 19.1 Å². The summed E-state index contributed by atoms with van der Waals surface area (Å²) in [5.41, 5.74) is -5.59. The molecular weight excluding hydrogens is 466 g/mol. The molecule has 1 heterocycles. The zero-order valence-electron chi connectivity index (χ0n) is 17.3. The molecular formula is C21H13F4N3O6. The van der Waals surface area contributed by atoms with E-state index in [-0.39, 0.29) is 38.0 Å². The zero-order chi connectivity index (χ0) is 25.2. The fourth-order valence-electron chi connectivity index (χ4n) is 2.83. The monoisotopic (exact) mass is 479 g/mol. The molecule has 34 heavy (non-hydrogen) atoms. The highest BCUT2D eigenvalue weighted by Crippen LogP contribution is 2.35. The molecule has 3 rings (SSSR count). The van der Waals surface area contributed by atoms with Crippen molar-refractivity contribution in [2.24, 2.45) is 7.05 Å². The van der Waals surface area contributed by atoms with Crippen molar-refractivity contribution in [1.82, 2.24) is 9.13 Å². The minimum atomic E-state index is -5.00. The molecule has 0 bridgehead atoms. The first kappa shape index (κ1) is 24.1. The van der Waals surface area contributed by atoms with Gasteiger partial charge in [-0.2, -0.15) is 18.4 Å². The fourth-order valence-corrected chi connectivity index (χ4v) is 2.83. The number of benzene rings is 2. The van der Waals surface area contributed by atoms with Gasteiger partial charge in [0, 0.05) is 26.1 Å². The quantitative estimate of drug-likeness (QED) is 0.314. The number of halogens is 4. The SMILES string of the molecule is CC(=O)OOc1ccccc1Oc1cc(-n2c(=O)cc(C(F)(F)F)n(C)c2=O)c(F)cc1C#N. The molecule has 0 aliphatic rings. The maximum Gasteiger partial charge on any atom is 0.431 e. The topological polar surface area (TPSA) is 113 Å². The summed E-state index contributed by atoms with van der Waals surface area (Å²) in [6, 6.07) is 8.91. The third kappa shape index (κ3) is 4.75. The lowest BCUT2D eigenvalue weighted by Gasteiger charge is -2.16. The van der Waals surface area contributed by atoms with Crippen molar-refractivity contribution in [2.75, 3.05) is 0 Å². The Hall–Kier alpha value is -4.60. The Kier molecular flexibility index (Phi) is 6.44. The second-order valence-corrected chi connectivity index (χ2v) is 6.66. The van der Waals surface area contributed by atoms with E-state index >= 15 is 0 Å². The van der Waals surface area contributed by atoms with Crippen LogP contribution in [0.15, 0.2) is 52.1 Å². The number of hydrogen-bond acceptors (Lipinski definition) is 7. The molecule has 176 valence electrons. The number of nitrogens with zero attached hydrogens (tertiary/aromatic N) is 3. The van der Waals surface area contributed by atoms with Gasteiger partial charge in [-0.25, -0.2) is 18.5 Å². The van der Waals surface area contributed by atoms with Crippen LogP contribution in [0, 0.1) is 17.1 Å². The molecule has 0 atom stereocenters. The summed E-state index contributed by atoms with van der Waals surface area (Å²) < 4.78 is 59.9. The summed E-state index contributed by atoms with van der Waals surface area (Å²) >= 11 is 0. The minimum Gasteiger partial charge on any atom is -0.452 e. The van der Waals surface area contributed by atoms with Gasteiger partial charge >= 0.3 is 17.8 Å². The van der Waals surface area contributed by atoms with Crippen LogP contribution < -0.4 is 20.9 Å². The second-order valence-electron chi connectivity index (χ2n) is 6.66. The molecule has 0 saturated heterocycles. The molecule has 0 amide bonds. The van der Waals surface area contributed by atoms with Gasteiger partial charge in [-0.05, 0) is 18.2 Å². The summed E-state index contributed by atoms with van der Waals surface area (Å²) in [4.78, 5) is 45.1. The Labute approximate surface area is 187 Å². The van der Waals surface area contributed by atoms with Crippen LogP contribution >= 0.6 is 0 Å². The zero-order valence-corrected chi connectivity index (χ0v) is 17.3. The number of hydrogen-bond donors (Lipinski definition) is 0. The summed E-state index contributed by atoms with van der Waals surface area (Å²) in [5.74, 6) is -2.62. The van der Waals surface area contributed by atoms with Gasteiger partial charge in [0.2, 0.25) is 5.75 Å². The van der Waals surface area contributed by atoms with Crippen LogP contribution in [0.5, 0.6) is 17.2 Å². The van der Waals surface area contributed by atoms with E-state index in [0.717, 1.165) is 20.0 Å². The number of rotatable bonds is 5. The molecule has 0 saturated carbocycles. The molecule has 0 radical (unpaired) electrons. The van der Waals surface area contributed by atoms with E-state index in [1.165, 1.54) is 24.3 Å². The number of ether oxygens (including phenoxy) is 1. The van der Waals surface area contributed by atoms with E-state index in [2.05, 4.69) is 4.89 Å². The van der Waals surface area contributed by atoms with Gasteiger partial charge in [0.25, 0.3) is 5.56 Å². The van der Waals surface area contributed by atoms with Crippen LogP contribution in [0.4, 0.5) is 17.6 Å². The van der Waals surface area contributed by atoms with Crippen molar-refractivity contribution in [3.63, 3.8) is 0 Å². The third-order valence-corrected chi connectivity index (χ3v) is 4.34. The Morgan fingerprint density at radius 1 is 1.06 bits per heavy atom. The standard InChI is InChI=1S/C21H13F4N3O6/c1-11(29)33-34-16-6-4-3-5-15(16)32-17-8-14(13(22)7-12(17)10-26)28-19(30)9-18(21(23,24)25)27(2)20(28)31/h3-9H,1-2H3. The molecule has 0 N–H and O–H groups in total. The highest BCUT2D eigenvalue weighted by atomic mass is 19.4. The molecule has 1 aromatic heterocycles. The summed E-state index contributed by atoms with van der Waals surface area (Å²) in [5, 5.41) is 9.35. The highest BCUT2D eigenvalue weighted by Gasteiger charge is 2.35. The molecule has 0 spiro atoms. The smallest absolute Gasteiger partial charge is 0.431 e. The Balaban J connectivity index is 2.17. The fraction of sp³-hybridized carbons (Fsp3) is 0.143. The van der Waals surface area contributed by atoms with Crippen molar-refractivity contribution >= 4 is 5.97 Å². The molecule has 0 unspecified atom stereocenters. The van der Waals surface area contributed by atoms with E-state index in [4.69, 9.17) is 9.62 Å². The number of aromatic nitrogens is 2. The minimum absolute atomic E-state index is 0.106. The average molecular weight is 479 g/mol. The van der Waals surface area contributed by atoms with E-state index in [1.54, 1.807) is 6.07 Å². The lowest BCUT2D eigenvalue weighted by molar-refractivity contribution is -0.211. The van der Waals surface area contributed by atoms with E-state index < -0.39 is 40.6 Å². The first-order valence-electron chi connectivity index (χ1n) is 9.20. The molecule has 13 heteroatoms. The number of carbonyl (C=O) groups is 1. The van der Waals surface area contributed by atoms with Gasteiger partial charge in [0.15, 0.2) is 5.75 Å². The van der Waals surface area contributed by atoms with Gasteiger partial charge in [0.05, 0.1) is 11.3 Å². The van der Waals surface area contributed by atoms with Gasteiger partial charge in [-0.1, -0.05) is 12.1 Å². The molecule has 0 aliphatic heterocycles. The van der Waals surface area contributed by atoms with E-state index in [0.29, 0.717) is 6.07 Å². The van der Waals surface area contributed by atoms with Crippen LogP contribution in [0.25, 0.3) is 5.69 Å². The van der Waals surface area contributed by atoms with Crippen LogP contribution in [0.3, 0.4) is 0 Å². The van der Waals surface area contributed by atoms with Crippen LogP contribution in [-0.2, 0) is 22.9 Å². The van der Waals surface area contributed by atoms with Crippen LogP contribution in [-0.4, -0.2) is 15.1 Å². The summed E-state index contributed by atoms with van der Waals surface area (Å²) in [6.07, 6.45) is -5.00.